The first kappa shape index (κ1) is 13.4. The van der Waals surface area contributed by atoms with E-state index in [0.717, 1.165) is 19.4 Å². The Hall–Kier alpha value is -0.560. The second-order valence-corrected chi connectivity index (χ2v) is 3.76. The van der Waals surface area contributed by atoms with Crippen molar-refractivity contribution in [2.24, 2.45) is 5.92 Å². The molecular formula is C13H24O. The fraction of sp³-hybridized carbons (Fsp3) is 0.692. The van der Waals surface area contributed by atoms with Gasteiger partial charge in [-0.3, -0.25) is 0 Å². The van der Waals surface area contributed by atoms with E-state index < -0.39 is 0 Å². The summed E-state index contributed by atoms with van der Waals surface area (Å²) in [5.41, 5.74) is 1.52. The zero-order chi connectivity index (χ0) is 10.8. The number of ether oxygens (including phenoxy) is 1. The predicted molar refractivity (Wildman–Crippen MR) is 63.5 cm³/mol. The van der Waals surface area contributed by atoms with Crippen LogP contribution in [0.1, 0.15) is 40.0 Å². The summed E-state index contributed by atoms with van der Waals surface area (Å²) in [4.78, 5) is 0. The topological polar surface area (TPSA) is 9.23 Å². The first-order chi connectivity index (χ1) is 6.72. The molecule has 0 aliphatic carbocycles. The van der Waals surface area contributed by atoms with Gasteiger partial charge in [-0.25, -0.2) is 0 Å². The van der Waals surface area contributed by atoms with Crippen LogP contribution in [-0.4, -0.2) is 13.7 Å². The molecule has 1 nitrogen and oxygen atoms in total. The van der Waals surface area contributed by atoms with Crippen LogP contribution in [0.25, 0.3) is 0 Å². The monoisotopic (exact) mass is 196 g/mol. The Labute approximate surface area is 88.9 Å². The highest BCUT2D eigenvalue weighted by atomic mass is 16.5. The molecule has 0 aromatic heterocycles. The van der Waals surface area contributed by atoms with E-state index in [1.54, 1.807) is 7.11 Å². The lowest BCUT2D eigenvalue weighted by atomic mass is 9.96. The fourth-order valence-electron chi connectivity index (χ4n) is 1.38. The summed E-state index contributed by atoms with van der Waals surface area (Å²) in [6.07, 6.45) is 10.2. The molecule has 1 heteroatoms. The SMILES string of the molecule is CC/C=C(\C)C(C)CC/C=C/COC. The van der Waals surface area contributed by atoms with E-state index in [0.29, 0.717) is 5.92 Å². The summed E-state index contributed by atoms with van der Waals surface area (Å²) in [6.45, 7) is 7.45. The van der Waals surface area contributed by atoms with Crippen molar-refractivity contribution >= 4 is 0 Å². The summed E-state index contributed by atoms with van der Waals surface area (Å²) in [5.74, 6) is 0.710. The van der Waals surface area contributed by atoms with E-state index in [9.17, 15) is 0 Å². The average Bonchev–Trinajstić information content (AvgIpc) is 2.17. The van der Waals surface area contributed by atoms with Gasteiger partial charge in [0.1, 0.15) is 0 Å². The molecule has 0 fully saturated rings. The molecule has 1 unspecified atom stereocenters. The summed E-state index contributed by atoms with van der Waals surface area (Å²) in [5, 5.41) is 0. The summed E-state index contributed by atoms with van der Waals surface area (Å²) < 4.78 is 4.94. The lowest BCUT2D eigenvalue weighted by molar-refractivity contribution is 0.233. The highest BCUT2D eigenvalue weighted by molar-refractivity contribution is 5.02. The van der Waals surface area contributed by atoms with E-state index in [2.05, 4.69) is 39.0 Å². The summed E-state index contributed by atoms with van der Waals surface area (Å²) in [7, 11) is 1.72. The maximum absolute atomic E-state index is 4.94. The van der Waals surface area contributed by atoms with Gasteiger partial charge in [-0.1, -0.05) is 37.6 Å². The van der Waals surface area contributed by atoms with Crippen LogP contribution in [0.3, 0.4) is 0 Å². The molecule has 0 aromatic rings. The van der Waals surface area contributed by atoms with Crippen LogP contribution in [0.2, 0.25) is 0 Å². The molecule has 0 saturated heterocycles. The number of methoxy groups -OCH3 is 1. The van der Waals surface area contributed by atoms with Gasteiger partial charge >= 0.3 is 0 Å². The van der Waals surface area contributed by atoms with Crippen molar-refractivity contribution < 1.29 is 4.74 Å². The first-order valence-electron chi connectivity index (χ1n) is 5.53. The quantitative estimate of drug-likeness (QED) is 0.560. The molecule has 0 radical (unpaired) electrons. The molecule has 0 aliphatic rings. The molecule has 0 bridgehead atoms. The van der Waals surface area contributed by atoms with Gasteiger partial charge in [-0.15, -0.1) is 0 Å². The van der Waals surface area contributed by atoms with Gasteiger partial charge in [0.05, 0.1) is 6.61 Å². The molecule has 0 saturated carbocycles. The first-order valence-corrected chi connectivity index (χ1v) is 5.53. The van der Waals surface area contributed by atoms with Crippen molar-refractivity contribution in [3.05, 3.63) is 23.8 Å². The van der Waals surface area contributed by atoms with Gasteiger partial charge < -0.3 is 4.74 Å². The molecule has 1 atom stereocenters. The van der Waals surface area contributed by atoms with E-state index in [-0.39, 0.29) is 0 Å². The highest BCUT2D eigenvalue weighted by Gasteiger charge is 2.01. The minimum absolute atomic E-state index is 0.710. The minimum atomic E-state index is 0.710. The van der Waals surface area contributed by atoms with Crippen molar-refractivity contribution in [2.75, 3.05) is 13.7 Å². The molecule has 14 heavy (non-hydrogen) atoms. The Morgan fingerprint density at radius 1 is 1.36 bits per heavy atom. The van der Waals surface area contributed by atoms with E-state index in [1.165, 1.54) is 12.0 Å². The fourth-order valence-corrected chi connectivity index (χ4v) is 1.38. The van der Waals surface area contributed by atoms with Crippen molar-refractivity contribution in [3.8, 4) is 0 Å². The summed E-state index contributed by atoms with van der Waals surface area (Å²) >= 11 is 0. The second-order valence-electron chi connectivity index (χ2n) is 3.76. The van der Waals surface area contributed by atoms with Crippen LogP contribution >= 0.6 is 0 Å². The standard InChI is InChI=1S/C13H24O/c1-5-9-12(2)13(3)10-7-6-8-11-14-4/h6,8-9,13H,5,7,10-11H2,1-4H3/b8-6+,12-9+. The smallest absolute Gasteiger partial charge is 0.0643 e. The Morgan fingerprint density at radius 2 is 2.07 bits per heavy atom. The third kappa shape index (κ3) is 6.90. The molecule has 0 aliphatic heterocycles. The largest absolute Gasteiger partial charge is 0.381 e. The van der Waals surface area contributed by atoms with E-state index in [4.69, 9.17) is 4.74 Å². The van der Waals surface area contributed by atoms with Crippen molar-refractivity contribution in [3.63, 3.8) is 0 Å². The maximum Gasteiger partial charge on any atom is 0.0643 e. The van der Waals surface area contributed by atoms with E-state index >= 15 is 0 Å². The second kappa shape index (κ2) is 9.01. The zero-order valence-corrected chi connectivity index (χ0v) is 10.0. The van der Waals surface area contributed by atoms with Gasteiger partial charge in [-0.2, -0.15) is 0 Å². The van der Waals surface area contributed by atoms with Crippen molar-refractivity contribution in [1.29, 1.82) is 0 Å². The van der Waals surface area contributed by atoms with Crippen LogP contribution < -0.4 is 0 Å². The van der Waals surface area contributed by atoms with Gasteiger partial charge in [0, 0.05) is 7.11 Å². The normalized spacial score (nSPS) is 15.0. The lowest BCUT2D eigenvalue weighted by Gasteiger charge is -2.10. The predicted octanol–water partition coefficient (Wildman–Crippen LogP) is 3.96. The molecule has 0 spiro atoms. The van der Waals surface area contributed by atoms with Crippen LogP contribution in [0, 0.1) is 5.92 Å². The van der Waals surface area contributed by atoms with E-state index in [1.807, 2.05) is 0 Å². The zero-order valence-electron chi connectivity index (χ0n) is 10.0. The number of hydrogen-bond acceptors (Lipinski definition) is 1. The van der Waals surface area contributed by atoms with Gasteiger partial charge in [0.15, 0.2) is 0 Å². The van der Waals surface area contributed by atoms with Crippen LogP contribution in [0.4, 0.5) is 0 Å². The maximum atomic E-state index is 4.94. The Kier molecular flexibility index (Phi) is 8.65. The Morgan fingerprint density at radius 3 is 2.64 bits per heavy atom. The van der Waals surface area contributed by atoms with Crippen LogP contribution in [-0.2, 0) is 4.74 Å². The molecule has 82 valence electrons. The molecular weight excluding hydrogens is 172 g/mol. The number of hydrogen-bond donors (Lipinski definition) is 0. The van der Waals surface area contributed by atoms with Gasteiger partial charge in [0.25, 0.3) is 0 Å². The third-order valence-corrected chi connectivity index (χ3v) is 2.50. The molecule has 0 amide bonds. The number of rotatable bonds is 7. The highest BCUT2D eigenvalue weighted by Crippen LogP contribution is 2.16. The van der Waals surface area contributed by atoms with Crippen LogP contribution in [0.5, 0.6) is 0 Å². The molecule has 0 rings (SSSR count). The minimum Gasteiger partial charge on any atom is -0.381 e. The average molecular weight is 196 g/mol. The third-order valence-electron chi connectivity index (χ3n) is 2.50. The van der Waals surface area contributed by atoms with Gasteiger partial charge in [-0.05, 0) is 32.1 Å². The Bertz CT molecular complexity index is 180. The van der Waals surface area contributed by atoms with Crippen LogP contribution in [0.15, 0.2) is 23.8 Å². The Balaban J connectivity index is 3.63. The molecule has 0 heterocycles. The van der Waals surface area contributed by atoms with Crippen molar-refractivity contribution in [1.82, 2.24) is 0 Å². The van der Waals surface area contributed by atoms with Gasteiger partial charge in [0.2, 0.25) is 0 Å². The molecule has 0 N–H and O–H groups in total. The summed E-state index contributed by atoms with van der Waals surface area (Å²) in [6, 6.07) is 0. The number of allylic oxidation sites excluding steroid dienone is 3. The lowest BCUT2D eigenvalue weighted by Crippen LogP contribution is -1.95. The molecule has 0 aromatic carbocycles. The van der Waals surface area contributed by atoms with Crippen molar-refractivity contribution in [2.45, 2.75) is 40.0 Å².